The zero-order valence-electron chi connectivity index (χ0n) is 12.7. The van der Waals surface area contributed by atoms with Crippen molar-refractivity contribution in [2.45, 2.75) is 45.6 Å². The molecule has 0 aliphatic carbocycles. The number of hydrogen-bond donors (Lipinski definition) is 1. The van der Waals surface area contributed by atoms with Crippen LogP contribution in [0.2, 0.25) is 0 Å². The molecule has 2 fully saturated rings. The molecule has 0 bridgehead atoms. The third-order valence-corrected chi connectivity index (χ3v) is 4.60. The van der Waals surface area contributed by atoms with E-state index in [0.717, 1.165) is 12.8 Å². The average molecular weight is 296 g/mol. The van der Waals surface area contributed by atoms with E-state index in [1.54, 1.807) is 9.80 Å². The van der Waals surface area contributed by atoms with Gasteiger partial charge in [0, 0.05) is 32.1 Å². The Labute approximate surface area is 125 Å². The van der Waals surface area contributed by atoms with Crippen LogP contribution in [0.4, 0.5) is 0 Å². The van der Waals surface area contributed by atoms with E-state index in [9.17, 15) is 14.4 Å². The van der Waals surface area contributed by atoms with E-state index in [4.69, 9.17) is 5.11 Å². The summed E-state index contributed by atoms with van der Waals surface area (Å²) in [6, 6.07) is 0.172. The number of carbonyl (C=O) groups is 3. The van der Waals surface area contributed by atoms with Crippen LogP contribution in [0.25, 0.3) is 0 Å². The molecule has 0 radical (unpaired) electrons. The highest BCUT2D eigenvalue weighted by Gasteiger charge is 2.40. The molecule has 0 aromatic heterocycles. The smallest absolute Gasteiger partial charge is 0.308 e. The molecule has 0 aromatic rings. The lowest BCUT2D eigenvalue weighted by Crippen LogP contribution is -2.38. The fourth-order valence-corrected chi connectivity index (χ4v) is 3.32. The van der Waals surface area contributed by atoms with Gasteiger partial charge in [0.1, 0.15) is 0 Å². The van der Waals surface area contributed by atoms with Crippen molar-refractivity contribution in [3.8, 4) is 0 Å². The number of carbonyl (C=O) groups excluding carboxylic acids is 2. The highest BCUT2D eigenvalue weighted by atomic mass is 16.4. The fourth-order valence-electron chi connectivity index (χ4n) is 3.32. The Bertz CT molecular complexity index is 437. The van der Waals surface area contributed by atoms with Crippen LogP contribution in [0.5, 0.6) is 0 Å². The van der Waals surface area contributed by atoms with Gasteiger partial charge in [0.2, 0.25) is 11.8 Å². The maximum Gasteiger partial charge on any atom is 0.308 e. The van der Waals surface area contributed by atoms with Crippen LogP contribution in [-0.4, -0.2) is 58.4 Å². The molecule has 2 saturated heterocycles. The van der Waals surface area contributed by atoms with Crippen molar-refractivity contribution in [2.24, 2.45) is 11.8 Å². The van der Waals surface area contributed by atoms with Gasteiger partial charge < -0.3 is 14.9 Å². The van der Waals surface area contributed by atoms with Gasteiger partial charge in [-0.05, 0) is 19.8 Å². The Morgan fingerprint density at radius 2 is 2.05 bits per heavy atom. The van der Waals surface area contributed by atoms with Gasteiger partial charge in [-0.1, -0.05) is 13.3 Å². The summed E-state index contributed by atoms with van der Waals surface area (Å²) >= 11 is 0. The molecular weight excluding hydrogens is 272 g/mol. The summed E-state index contributed by atoms with van der Waals surface area (Å²) in [6.07, 6.45) is 2.73. The van der Waals surface area contributed by atoms with Crippen molar-refractivity contribution in [3.05, 3.63) is 0 Å². The van der Waals surface area contributed by atoms with Crippen molar-refractivity contribution in [1.82, 2.24) is 9.80 Å². The van der Waals surface area contributed by atoms with Crippen molar-refractivity contribution in [2.75, 3.05) is 19.6 Å². The molecule has 2 amide bonds. The third-order valence-electron chi connectivity index (χ3n) is 4.60. The summed E-state index contributed by atoms with van der Waals surface area (Å²) in [7, 11) is 0. The largest absolute Gasteiger partial charge is 0.481 e. The number of hydrogen-bond acceptors (Lipinski definition) is 3. The Hall–Kier alpha value is -1.59. The second-order valence-corrected chi connectivity index (χ2v) is 6.19. The van der Waals surface area contributed by atoms with E-state index in [2.05, 4.69) is 6.92 Å². The molecule has 2 aliphatic rings. The Morgan fingerprint density at radius 1 is 1.33 bits per heavy atom. The van der Waals surface area contributed by atoms with Gasteiger partial charge in [-0.3, -0.25) is 14.4 Å². The fraction of sp³-hybridized carbons (Fsp3) is 0.800. The lowest BCUT2D eigenvalue weighted by atomic mass is 10.1. The SMILES string of the molecule is CCCC(C)N1CC(C(=O)N2CCC(C(=O)O)C2)CC1=O. The van der Waals surface area contributed by atoms with E-state index in [1.165, 1.54) is 0 Å². The molecule has 1 N–H and O–H groups in total. The number of amides is 2. The van der Waals surface area contributed by atoms with Crippen molar-refractivity contribution >= 4 is 17.8 Å². The van der Waals surface area contributed by atoms with Crippen molar-refractivity contribution in [3.63, 3.8) is 0 Å². The minimum atomic E-state index is -0.842. The zero-order chi connectivity index (χ0) is 15.6. The van der Waals surface area contributed by atoms with Crippen LogP contribution in [0.15, 0.2) is 0 Å². The molecule has 2 rings (SSSR count). The average Bonchev–Trinajstić information content (AvgIpc) is 3.04. The normalized spacial score (nSPS) is 27.2. The monoisotopic (exact) mass is 296 g/mol. The molecule has 0 aromatic carbocycles. The lowest BCUT2D eigenvalue weighted by Gasteiger charge is -2.25. The van der Waals surface area contributed by atoms with Crippen molar-refractivity contribution < 1.29 is 19.5 Å². The zero-order valence-corrected chi connectivity index (χ0v) is 12.7. The predicted molar refractivity (Wildman–Crippen MR) is 76.5 cm³/mol. The number of aliphatic carboxylic acids is 1. The Balaban J connectivity index is 1.93. The first-order chi connectivity index (χ1) is 9.93. The Morgan fingerprint density at radius 3 is 2.62 bits per heavy atom. The molecule has 2 aliphatic heterocycles. The quantitative estimate of drug-likeness (QED) is 0.819. The summed E-state index contributed by atoms with van der Waals surface area (Å²) in [4.78, 5) is 38.9. The molecule has 0 saturated carbocycles. The van der Waals surface area contributed by atoms with Gasteiger partial charge in [-0.15, -0.1) is 0 Å². The number of rotatable bonds is 5. The van der Waals surface area contributed by atoms with Crippen molar-refractivity contribution in [1.29, 1.82) is 0 Å². The molecule has 6 nitrogen and oxygen atoms in total. The summed E-state index contributed by atoms with van der Waals surface area (Å²) in [5.41, 5.74) is 0. The minimum absolute atomic E-state index is 0.0447. The highest BCUT2D eigenvalue weighted by molar-refractivity contribution is 5.90. The molecule has 3 unspecified atom stereocenters. The first-order valence-electron chi connectivity index (χ1n) is 7.75. The predicted octanol–water partition coefficient (Wildman–Crippen LogP) is 0.957. The molecule has 6 heteroatoms. The second kappa shape index (κ2) is 6.45. The second-order valence-electron chi connectivity index (χ2n) is 6.19. The van der Waals surface area contributed by atoms with E-state index < -0.39 is 11.9 Å². The summed E-state index contributed by atoms with van der Waals surface area (Å²) in [6.45, 7) is 5.35. The first kappa shape index (κ1) is 15.8. The molecule has 3 atom stereocenters. The molecule has 0 spiro atoms. The number of carboxylic acids is 1. The topological polar surface area (TPSA) is 77.9 Å². The lowest BCUT2D eigenvalue weighted by molar-refractivity contribution is -0.141. The minimum Gasteiger partial charge on any atom is -0.481 e. The highest BCUT2D eigenvalue weighted by Crippen LogP contribution is 2.26. The number of likely N-dealkylation sites (tertiary alicyclic amines) is 2. The summed E-state index contributed by atoms with van der Waals surface area (Å²) in [5.74, 6) is -1.61. The third kappa shape index (κ3) is 3.36. The van der Waals surface area contributed by atoms with Crippen LogP contribution in [-0.2, 0) is 14.4 Å². The summed E-state index contributed by atoms with van der Waals surface area (Å²) < 4.78 is 0. The number of nitrogens with zero attached hydrogens (tertiary/aromatic N) is 2. The van der Waals surface area contributed by atoms with E-state index >= 15 is 0 Å². The molecule has 21 heavy (non-hydrogen) atoms. The molecule has 2 heterocycles. The maximum atomic E-state index is 12.4. The van der Waals surface area contributed by atoms with E-state index in [0.29, 0.717) is 19.5 Å². The van der Waals surface area contributed by atoms with Gasteiger partial charge in [0.15, 0.2) is 0 Å². The van der Waals surface area contributed by atoms with Gasteiger partial charge in [0.25, 0.3) is 0 Å². The Kier molecular flexibility index (Phi) is 4.85. The van der Waals surface area contributed by atoms with E-state index in [1.807, 2.05) is 6.92 Å². The van der Waals surface area contributed by atoms with Gasteiger partial charge in [-0.2, -0.15) is 0 Å². The van der Waals surface area contributed by atoms with Crippen LogP contribution >= 0.6 is 0 Å². The van der Waals surface area contributed by atoms with Crippen LogP contribution in [0, 0.1) is 11.8 Å². The summed E-state index contributed by atoms with van der Waals surface area (Å²) in [5, 5.41) is 8.99. The van der Waals surface area contributed by atoms with E-state index in [-0.39, 0.29) is 36.7 Å². The standard InChI is InChI=1S/C15H24N2O4/c1-3-4-10(2)17-9-12(7-13(17)18)14(19)16-6-5-11(8-16)15(20)21/h10-12H,3-9H2,1-2H3,(H,20,21). The number of carboxylic acid groups (broad SMARTS) is 1. The van der Waals surface area contributed by atoms with Gasteiger partial charge >= 0.3 is 5.97 Å². The van der Waals surface area contributed by atoms with Crippen LogP contribution < -0.4 is 0 Å². The first-order valence-corrected chi connectivity index (χ1v) is 7.75. The molecular formula is C15H24N2O4. The van der Waals surface area contributed by atoms with Gasteiger partial charge in [0.05, 0.1) is 11.8 Å². The van der Waals surface area contributed by atoms with Gasteiger partial charge in [-0.25, -0.2) is 0 Å². The molecule has 118 valence electrons. The van der Waals surface area contributed by atoms with Crippen LogP contribution in [0.1, 0.15) is 39.5 Å². The maximum absolute atomic E-state index is 12.4. The van der Waals surface area contributed by atoms with Crippen LogP contribution in [0.3, 0.4) is 0 Å².